The Bertz CT molecular complexity index is 785. The van der Waals surface area contributed by atoms with Crippen LogP contribution in [0, 0.1) is 0 Å². The first-order chi connectivity index (χ1) is 10.3. The summed E-state index contributed by atoms with van der Waals surface area (Å²) >= 11 is 0. The average molecular weight is 276 g/mol. The zero-order valence-electron chi connectivity index (χ0n) is 11.2. The molecule has 0 saturated carbocycles. The van der Waals surface area contributed by atoms with Gasteiger partial charge in [0.15, 0.2) is 0 Å². The second kappa shape index (κ2) is 5.68. The molecule has 2 aromatic carbocycles. The summed E-state index contributed by atoms with van der Waals surface area (Å²) in [6.45, 7) is 0. The van der Waals surface area contributed by atoms with Crippen LogP contribution in [0.2, 0.25) is 0 Å². The van der Waals surface area contributed by atoms with Gasteiger partial charge >= 0.3 is 0 Å². The number of benzene rings is 2. The molecule has 21 heavy (non-hydrogen) atoms. The molecule has 0 aromatic heterocycles. The van der Waals surface area contributed by atoms with Gasteiger partial charge in [0.25, 0.3) is 0 Å². The second-order valence-electron chi connectivity index (χ2n) is 4.91. The third-order valence-electron chi connectivity index (χ3n) is 3.88. The highest BCUT2D eigenvalue weighted by Crippen LogP contribution is 2.44. The summed E-state index contributed by atoms with van der Waals surface area (Å²) in [4.78, 5) is 28.6. The number of rotatable bonds is 3. The Morgan fingerprint density at radius 2 is 1.67 bits per heavy atom. The maximum absolute atomic E-state index is 10.7. The van der Waals surface area contributed by atoms with E-state index in [0.29, 0.717) is 11.4 Å². The molecular formula is C17H12N2O2. The molecule has 0 amide bonds. The van der Waals surface area contributed by atoms with Gasteiger partial charge in [-0.1, -0.05) is 36.4 Å². The van der Waals surface area contributed by atoms with E-state index >= 15 is 0 Å². The number of aliphatic imine (C=N–C) groups is 2. The molecule has 102 valence electrons. The Balaban J connectivity index is 2.18. The largest absolute Gasteiger partial charge is 0.240 e. The lowest BCUT2D eigenvalue weighted by Crippen LogP contribution is -1.96. The van der Waals surface area contributed by atoms with E-state index in [9.17, 15) is 9.59 Å². The van der Waals surface area contributed by atoms with Crippen molar-refractivity contribution in [1.29, 1.82) is 0 Å². The van der Waals surface area contributed by atoms with Crippen LogP contribution in [0.4, 0.5) is 11.4 Å². The van der Waals surface area contributed by atoms with E-state index in [2.05, 4.69) is 22.1 Å². The fourth-order valence-corrected chi connectivity index (χ4v) is 3.02. The van der Waals surface area contributed by atoms with Crippen LogP contribution >= 0.6 is 0 Å². The van der Waals surface area contributed by atoms with Gasteiger partial charge in [0.2, 0.25) is 12.2 Å². The first-order valence-corrected chi connectivity index (χ1v) is 6.71. The molecule has 4 heteroatoms. The zero-order valence-corrected chi connectivity index (χ0v) is 11.2. The van der Waals surface area contributed by atoms with Crippen LogP contribution in [0.1, 0.15) is 29.0 Å². The van der Waals surface area contributed by atoms with Crippen LogP contribution in [0.5, 0.6) is 0 Å². The van der Waals surface area contributed by atoms with Gasteiger partial charge in [0, 0.05) is 5.92 Å². The lowest BCUT2D eigenvalue weighted by Gasteiger charge is -2.15. The third-order valence-corrected chi connectivity index (χ3v) is 3.88. The number of fused-ring (bicyclic) bond motifs is 1. The van der Waals surface area contributed by atoms with E-state index in [-0.39, 0.29) is 5.92 Å². The maximum Gasteiger partial charge on any atom is 0.240 e. The summed E-state index contributed by atoms with van der Waals surface area (Å²) in [5, 5.41) is 0. The number of para-hydroxylation sites is 1. The van der Waals surface area contributed by atoms with E-state index in [0.717, 1.165) is 18.4 Å². The molecule has 3 rings (SSSR count). The Morgan fingerprint density at radius 1 is 0.905 bits per heavy atom. The number of hydrogen-bond donors (Lipinski definition) is 0. The van der Waals surface area contributed by atoms with Crippen LogP contribution in [0.3, 0.4) is 0 Å². The normalized spacial score (nSPS) is 15.7. The molecule has 1 unspecified atom stereocenters. The van der Waals surface area contributed by atoms with E-state index in [4.69, 9.17) is 0 Å². The minimum atomic E-state index is 0.162. The van der Waals surface area contributed by atoms with Crippen LogP contribution in [0.25, 0.3) is 0 Å². The van der Waals surface area contributed by atoms with E-state index < -0.39 is 0 Å². The Morgan fingerprint density at radius 3 is 2.48 bits per heavy atom. The standard InChI is InChI=1S/C17H12N2O2/c20-10-18-16-7-3-6-15(17(16)19-11-21)14-9-8-12-4-1-2-5-13(12)14/h1-7,14H,8-9H2. The van der Waals surface area contributed by atoms with Gasteiger partial charge in [-0.15, -0.1) is 0 Å². The lowest BCUT2D eigenvalue weighted by atomic mass is 9.91. The summed E-state index contributed by atoms with van der Waals surface area (Å²) in [7, 11) is 0. The number of isocyanates is 2. The third kappa shape index (κ3) is 2.34. The average Bonchev–Trinajstić information content (AvgIpc) is 2.93. The topological polar surface area (TPSA) is 58.9 Å². The number of carbonyl (C=O) groups excluding carboxylic acids is 2. The molecule has 0 radical (unpaired) electrons. The molecule has 0 aliphatic heterocycles. The number of aryl methyl sites for hydroxylation is 1. The molecule has 1 atom stereocenters. The summed E-state index contributed by atoms with van der Waals surface area (Å²) in [6.07, 6.45) is 5.01. The van der Waals surface area contributed by atoms with E-state index in [1.165, 1.54) is 17.2 Å². The van der Waals surface area contributed by atoms with Gasteiger partial charge in [-0.2, -0.15) is 9.98 Å². The monoisotopic (exact) mass is 276 g/mol. The van der Waals surface area contributed by atoms with Gasteiger partial charge in [0.05, 0.1) is 0 Å². The van der Waals surface area contributed by atoms with Crippen molar-refractivity contribution in [2.45, 2.75) is 18.8 Å². The van der Waals surface area contributed by atoms with Crippen molar-refractivity contribution in [1.82, 2.24) is 0 Å². The van der Waals surface area contributed by atoms with Gasteiger partial charge in [-0.25, -0.2) is 9.59 Å². The first kappa shape index (κ1) is 13.2. The number of nitrogens with zero attached hydrogens (tertiary/aromatic N) is 2. The van der Waals surface area contributed by atoms with Gasteiger partial charge in [0.1, 0.15) is 11.4 Å². The van der Waals surface area contributed by atoms with Gasteiger partial charge in [-0.05, 0) is 35.6 Å². The van der Waals surface area contributed by atoms with Crippen molar-refractivity contribution in [2.75, 3.05) is 0 Å². The molecule has 0 spiro atoms. The quantitative estimate of drug-likeness (QED) is 0.634. The predicted molar refractivity (Wildman–Crippen MR) is 78.6 cm³/mol. The summed E-state index contributed by atoms with van der Waals surface area (Å²) in [5.74, 6) is 0.162. The first-order valence-electron chi connectivity index (χ1n) is 6.71. The van der Waals surface area contributed by atoms with Crippen molar-refractivity contribution in [3.8, 4) is 0 Å². The van der Waals surface area contributed by atoms with E-state index in [1.54, 1.807) is 12.1 Å². The molecule has 1 aliphatic rings. The zero-order chi connectivity index (χ0) is 14.7. The molecule has 4 nitrogen and oxygen atoms in total. The van der Waals surface area contributed by atoms with Crippen molar-refractivity contribution in [3.63, 3.8) is 0 Å². The number of hydrogen-bond acceptors (Lipinski definition) is 4. The van der Waals surface area contributed by atoms with Gasteiger partial charge in [-0.3, -0.25) is 0 Å². The molecule has 0 saturated heterocycles. The molecule has 0 N–H and O–H groups in total. The highest BCUT2D eigenvalue weighted by Gasteiger charge is 2.26. The van der Waals surface area contributed by atoms with Crippen molar-refractivity contribution in [2.24, 2.45) is 9.98 Å². The van der Waals surface area contributed by atoms with Crippen molar-refractivity contribution < 1.29 is 9.59 Å². The van der Waals surface area contributed by atoms with Crippen LogP contribution in [-0.4, -0.2) is 12.2 Å². The molecule has 0 heterocycles. The van der Waals surface area contributed by atoms with Crippen LogP contribution < -0.4 is 0 Å². The highest BCUT2D eigenvalue weighted by molar-refractivity contribution is 5.73. The molecule has 0 fully saturated rings. The van der Waals surface area contributed by atoms with Crippen molar-refractivity contribution >= 4 is 23.5 Å². The Labute approximate surface area is 121 Å². The minimum absolute atomic E-state index is 0.162. The second-order valence-corrected chi connectivity index (χ2v) is 4.91. The van der Waals surface area contributed by atoms with E-state index in [1.807, 2.05) is 24.3 Å². The fourth-order valence-electron chi connectivity index (χ4n) is 3.02. The lowest BCUT2D eigenvalue weighted by molar-refractivity contribution is 0.564. The Hall–Kier alpha value is -2.80. The summed E-state index contributed by atoms with van der Waals surface area (Å²) < 4.78 is 0. The minimum Gasteiger partial charge on any atom is -0.211 e. The summed E-state index contributed by atoms with van der Waals surface area (Å²) in [5.41, 5.74) is 4.23. The highest BCUT2D eigenvalue weighted by atomic mass is 16.1. The van der Waals surface area contributed by atoms with Gasteiger partial charge < -0.3 is 0 Å². The SMILES string of the molecule is O=C=Nc1cccc(C2CCc3ccccc32)c1N=C=O. The van der Waals surface area contributed by atoms with Crippen LogP contribution in [-0.2, 0) is 16.0 Å². The van der Waals surface area contributed by atoms with Crippen molar-refractivity contribution in [3.05, 3.63) is 59.2 Å². The van der Waals surface area contributed by atoms with Crippen LogP contribution in [0.15, 0.2) is 52.4 Å². The molecular weight excluding hydrogens is 264 g/mol. The molecule has 2 aromatic rings. The maximum atomic E-state index is 10.7. The molecule has 0 bridgehead atoms. The predicted octanol–water partition coefficient (Wildman–Crippen LogP) is 3.70. The summed E-state index contributed by atoms with van der Waals surface area (Å²) in [6, 6.07) is 13.6. The Kier molecular flexibility index (Phi) is 3.57. The molecule has 1 aliphatic carbocycles. The smallest absolute Gasteiger partial charge is 0.211 e. The fraction of sp³-hybridized carbons (Fsp3) is 0.176.